The largest absolute Gasteiger partial charge is 0.462 e. The number of sulfone groups is 1. The molecule has 8 heteroatoms. The lowest BCUT2D eigenvalue weighted by Crippen LogP contribution is -2.17. The number of fused-ring (bicyclic) bond motifs is 1. The summed E-state index contributed by atoms with van der Waals surface area (Å²) in [5, 5.41) is 2.67. The van der Waals surface area contributed by atoms with Gasteiger partial charge in [0.15, 0.2) is 9.84 Å². The van der Waals surface area contributed by atoms with Crippen molar-refractivity contribution in [3.8, 4) is 0 Å². The summed E-state index contributed by atoms with van der Waals surface area (Å²) in [6.45, 7) is 5.19. The number of nitrogens with one attached hydrogen (secondary N) is 1. The zero-order chi connectivity index (χ0) is 20.5. The van der Waals surface area contributed by atoms with Crippen LogP contribution in [0, 0.1) is 0 Å². The van der Waals surface area contributed by atoms with Crippen LogP contribution in [0.3, 0.4) is 0 Å². The molecule has 2 aromatic rings. The van der Waals surface area contributed by atoms with Gasteiger partial charge in [-0.15, -0.1) is 11.3 Å². The summed E-state index contributed by atoms with van der Waals surface area (Å²) in [5.74, 6) is -0.889. The van der Waals surface area contributed by atoms with Crippen molar-refractivity contribution in [3.05, 3.63) is 45.8 Å². The van der Waals surface area contributed by atoms with Gasteiger partial charge >= 0.3 is 5.97 Å². The Labute approximate surface area is 168 Å². The van der Waals surface area contributed by atoms with E-state index in [2.05, 4.69) is 5.32 Å². The van der Waals surface area contributed by atoms with E-state index in [0.717, 1.165) is 29.7 Å². The van der Waals surface area contributed by atoms with Crippen LogP contribution in [0.2, 0.25) is 0 Å². The number of hydrogen-bond donors (Lipinski definition) is 1. The molecule has 0 saturated carbocycles. The van der Waals surface area contributed by atoms with Crippen molar-refractivity contribution < 1.29 is 22.7 Å². The van der Waals surface area contributed by atoms with E-state index in [1.54, 1.807) is 32.9 Å². The zero-order valence-corrected chi connectivity index (χ0v) is 17.7. The Morgan fingerprint density at radius 3 is 2.68 bits per heavy atom. The van der Waals surface area contributed by atoms with Crippen LogP contribution in [0.1, 0.15) is 58.3 Å². The summed E-state index contributed by atoms with van der Waals surface area (Å²) in [5.41, 5.74) is 1.61. The number of ether oxygens (including phenoxy) is 1. The Morgan fingerprint density at radius 2 is 2.00 bits per heavy atom. The molecule has 0 atom stereocenters. The maximum atomic E-state index is 12.8. The average Bonchev–Trinajstić information content (AvgIpc) is 3.22. The minimum atomic E-state index is -3.48. The van der Waals surface area contributed by atoms with Gasteiger partial charge in [-0.1, -0.05) is 6.07 Å². The minimum Gasteiger partial charge on any atom is -0.462 e. The quantitative estimate of drug-likeness (QED) is 0.716. The first kappa shape index (κ1) is 20.5. The molecular formula is C20H23NO5S2. The second-order valence-electron chi connectivity index (χ2n) is 6.86. The van der Waals surface area contributed by atoms with Crippen LogP contribution in [-0.4, -0.2) is 32.2 Å². The first-order valence-corrected chi connectivity index (χ1v) is 11.6. The van der Waals surface area contributed by atoms with Gasteiger partial charge in [0.1, 0.15) is 5.00 Å². The molecule has 1 aliphatic rings. The molecular weight excluding hydrogens is 398 g/mol. The van der Waals surface area contributed by atoms with Crippen LogP contribution in [0.25, 0.3) is 0 Å². The third-order valence-electron chi connectivity index (χ3n) is 4.67. The van der Waals surface area contributed by atoms with Gasteiger partial charge in [0.2, 0.25) is 0 Å². The molecule has 0 saturated heterocycles. The van der Waals surface area contributed by atoms with Crippen LogP contribution in [0.4, 0.5) is 5.00 Å². The molecule has 1 aromatic carbocycles. The molecule has 150 valence electrons. The number of anilines is 1. The molecule has 0 aliphatic heterocycles. The summed E-state index contributed by atoms with van der Waals surface area (Å²) in [6, 6.07) is 5.96. The fourth-order valence-electron chi connectivity index (χ4n) is 3.17. The van der Waals surface area contributed by atoms with Crippen molar-refractivity contribution in [2.75, 3.05) is 11.9 Å². The van der Waals surface area contributed by atoms with Gasteiger partial charge < -0.3 is 10.1 Å². The van der Waals surface area contributed by atoms with E-state index >= 15 is 0 Å². The van der Waals surface area contributed by atoms with E-state index in [4.69, 9.17) is 4.74 Å². The third kappa shape index (κ3) is 3.84. The van der Waals surface area contributed by atoms with Gasteiger partial charge in [0, 0.05) is 10.4 Å². The molecule has 1 aliphatic carbocycles. The number of benzene rings is 1. The smallest absolute Gasteiger partial charge is 0.341 e. The number of carbonyl (C=O) groups is 2. The Hall–Kier alpha value is -2.19. The van der Waals surface area contributed by atoms with E-state index in [-0.39, 0.29) is 17.1 Å². The molecule has 1 amide bonds. The second-order valence-corrected chi connectivity index (χ2v) is 10.5. The lowest BCUT2D eigenvalue weighted by Gasteiger charge is -2.10. The highest BCUT2D eigenvalue weighted by molar-refractivity contribution is 7.92. The molecule has 0 radical (unpaired) electrons. The molecule has 1 N–H and O–H groups in total. The molecule has 28 heavy (non-hydrogen) atoms. The van der Waals surface area contributed by atoms with E-state index in [0.29, 0.717) is 10.6 Å². The Bertz CT molecular complexity index is 1020. The molecule has 3 rings (SSSR count). The minimum absolute atomic E-state index is 0.106. The number of carbonyl (C=O) groups excluding carboxylic acids is 2. The van der Waals surface area contributed by atoms with Gasteiger partial charge in [-0.05, 0) is 63.8 Å². The van der Waals surface area contributed by atoms with Crippen molar-refractivity contribution in [1.82, 2.24) is 0 Å². The average molecular weight is 422 g/mol. The standard InChI is InChI=1S/C20H23NO5S2/c1-4-26-20(23)17-15-9-6-10-16(15)27-19(17)21-18(22)13-7-5-8-14(11-13)28(24,25)12(2)3/h5,7-8,11-12H,4,6,9-10H2,1-3H3,(H,21,22). The maximum Gasteiger partial charge on any atom is 0.341 e. The molecule has 0 spiro atoms. The SMILES string of the molecule is CCOC(=O)c1c(NC(=O)c2cccc(S(=O)(=O)C(C)C)c2)sc2c1CCC2. The summed E-state index contributed by atoms with van der Waals surface area (Å²) in [6.07, 6.45) is 2.65. The van der Waals surface area contributed by atoms with Crippen molar-refractivity contribution in [2.45, 2.75) is 50.2 Å². The van der Waals surface area contributed by atoms with E-state index < -0.39 is 27.0 Å². The third-order valence-corrected chi connectivity index (χ3v) is 8.03. The topological polar surface area (TPSA) is 89.5 Å². The first-order chi connectivity index (χ1) is 13.3. The highest BCUT2D eigenvalue weighted by Crippen LogP contribution is 2.39. The van der Waals surface area contributed by atoms with Crippen LogP contribution < -0.4 is 5.32 Å². The fourth-order valence-corrected chi connectivity index (χ4v) is 5.55. The number of esters is 1. The van der Waals surface area contributed by atoms with Crippen LogP contribution in [0.15, 0.2) is 29.2 Å². The highest BCUT2D eigenvalue weighted by Gasteiger charge is 2.28. The van der Waals surface area contributed by atoms with Crippen molar-refractivity contribution >= 4 is 38.1 Å². The maximum absolute atomic E-state index is 12.8. The van der Waals surface area contributed by atoms with Crippen molar-refractivity contribution in [2.24, 2.45) is 0 Å². The lowest BCUT2D eigenvalue weighted by molar-refractivity contribution is 0.0527. The normalized spacial score (nSPS) is 13.4. The monoisotopic (exact) mass is 421 g/mol. The number of hydrogen-bond acceptors (Lipinski definition) is 6. The van der Waals surface area contributed by atoms with E-state index in [1.807, 2.05) is 0 Å². The van der Waals surface area contributed by atoms with Gasteiger partial charge in [0.25, 0.3) is 5.91 Å². The van der Waals surface area contributed by atoms with Crippen LogP contribution in [-0.2, 0) is 27.4 Å². The number of rotatable bonds is 6. The molecule has 0 unspecified atom stereocenters. The number of aryl methyl sites for hydroxylation is 1. The van der Waals surface area contributed by atoms with Gasteiger partial charge in [-0.3, -0.25) is 4.79 Å². The predicted octanol–water partition coefficient (Wildman–Crippen LogP) is 3.85. The second kappa shape index (κ2) is 8.05. The Kier molecular flexibility index (Phi) is 5.90. The summed E-state index contributed by atoms with van der Waals surface area (Å²) in [7, 11) is -3.48. The van der Waals surface area contributed by atoms with E-state index in [1.165, 1.54) is 23.5 Å². The van der Waals surface area contributed by atoms with E-state index in [9.17, 15) is 18.0 Å². The fraction of sp³-hybridized carbons (Fsp3) is 0.400. The van der Waals surface area contributed by atoms with Crippen molar-refractivity contribution in [3.63, 3.8) is 0 Å². The molecule has 6 nitrogen and oxygen atoms in total. The van der Waals surface area contributed by atoms with Gasteiger partial charge in [-0.2, -0.15) is 0 Å². The summed E-state index contributed by atoms with van der Waals surface area (Å²) in [4.78, 5) is 26.4. The summed E-state index contributed by atoms with van der Waals surface area (Å²) >= 11 is 1.39. The zero-order valence-electron chi connectivity index (χ0n) is 16.1. The Morgan fingerprint density at radius 1 is 1.25 bits per heavy atom. The molecule has 0 fully saturated rings. The highest BCUT2D eigenvalue weighted by atomic mass is 32.2. The van der Waals surface area contributed by atoms with Gasteiger partial charge in [0.05, 0.1) is 22.3 Å². The number of thiophene rings is 1. The lowest BCUT2D eigenvalue weighted by atomic mass is 10.1. The first-order valence-electron chi connectivity index (χ1n) is 9.22. The van der Waals surface area contributed by atoms with Crippen molar-refractivity contribution in [1.29, 1.82) is 0 Å². The number of amides is 1. The molecule has 1 aromatic heterocycles. The molecule has 1 heterocycles. The van der Waals surface area contributed by atoms with Crippen LogP contribution >= 0.6 is 11.3 Å². The predicted molar refractivity (Wildman–Crippen MR) is 109 cm³/mol. The van der Waals surface area contributed by atoms with Crippen LogP contribution in [0.5, 0.6) is 0 Å². The Balaban J connectivity index is 1.92. The molecule has 0 bridgehead atoms. The van der Waals surface area contributed by atoms with Gasteiger partial charge in [-0.25, -0.2) is 13.2 Å². The summed E-state index contributed by atoms with van der Waals surface area (Å²) < 4.78 is 29.9.